The van der Waals surface area contributed by atoms with E-state index in [0.717, 1.165) is 14.2 Å². The molecule has 0 radical (unpaired) electrons. The molecule has 0 spiro atoms. The van der Waals surface area contributed by atoms with E-state index in [-0.39, 0.29) is 45.5 Å². The predicted molar refractivity (Wildman–Crippen MR) is 24.1 cm³/mol. The first kappa shape index (κ1) is 15.9. The van der Waals surface area contributed by atoms with E-state index in [0.29, 0.717) is 0 Å². The minimum Gasteiger partial charge on any atom is -0.857 e. The molecule has 0 N–H and O–H groups in total. The van der Waals surface area contributed by atoms with E-state index >= 15 is 0 Å². The number of ether oxygens (including phenoxy) is 1. The van der Waals surface area contributed by atoms with Gasteiger partial charge in [-0.1, -0.05) is 0 Å². The third-order valence-corrected chi connectivity index (χ3v) is 0.167. The van der Waals surface area contributed by atoms with Gasteiger partial charge in [-0.25, -0.2) is 0 Å². The van der Waals surface area contributed by atoms with Crippen LogP contribution in [0, 0.1) is 0 Å². The van der Waals surface area contributed by atoms with Crippen LogP contribution in [0.5, 0.6) is 0 Å². The van der Waals surface area contributed by atoms with Gasteiger partial charge in [-0.3, -0.25) is 0 Å². The van der Waals surface area contributed by atoms with E-state index in [1.807, 2.05) is 0 Å². The average Bonchev–Trinajstić information content (AvgIpc) is 1.73. The van der Waals surface area contributed by atoms with E-state index < -0.39 is 6.16 Å². The van der Waals surface area contributed by atoms with Gasteiger partial charge in [-0.15, -0.1) is 0 Å². The summed E-state index contributed by atoms with van der Waals surface area (Å²) < 4.78 is 3.56. The topological polar surface area (TPSA) is 72.4 Å². The summed E-state index contributed by atoms with van der Waals surface area (Å²) in [4.78, 5) is 9.03. The number of hydrogen-bond donors (Lipinski definition) is 0. The Morgan fingerprint density at radius 1 is 1.50 bits per heavy atom. The molecule has 0 amide bonds. The monoisotopic (exact) mass is 194 g/mol. The molecule has 0 aliphatic heterocycles. The molecule has 0 heterocycles. The van der Waals surface area contributed by atoms with Crippen molar-refractivity contribution >= 4 is 51.6 Å². The summed E-state index contributed by atoms with van der Waals surface area (Å²) in [5.41, 5.74) is 0. The Morgan fingerprint density at radius 2 is 1.62 bits per heavy atom. The summed E-state index contributed by atoms with van der Waals surface area (Å²) in [6.45, 7) is 0. The SMILES string of the molecule is COC(=O)[O-].C[O-].[Sr+2]. The van der Waals surface area contributed by atoms with Crippen molar-refractivity contribution in [2.24, 2.45) is 0 Å². The third-order valence-electron chi connectivity index (χ3n) is 0.167. The minimum absolute atomic E-state index is 0. The molecule has 0 aromatic heterocycles. The molecule has 0 aliphatic rings. The Hall–Kier alpha value is 0.711. The van der Waals surface area contributed by atoms with Crippen LogP contribution in [0.1, 0.15) is 0 Å². The van der Waals surface area contributed by atoms with Gasteiger partial charge >= 0.3 is 45.5 Å². The summed E-state index contributed by atoms with van der Waals surface area (Å²) in [5, 5.41) is 17.3. The first-order valence-electron chi connectivity index (χ1n) is 1.43. The normalized spacial score (nSPS) is 4.88. The Kier molecular flexibility index (Phi) is 31.1. The summed E-state index contributed by atoms with van der Waals surface area (Å²) in [7, 11) is 1.79. The predicted octanol–water partition coefficient (Wildman–Crippen LogP) is -2.43. The number of carboxylic acid groups (broad SMARTS) is 1. The molecule has 0 aliphatic carbocycles. The number of carbonyl (C=O) groups is 1. The number of carbonyl (C=O) groups excluding carboxylic acids is 1. The molecular weight excluding hydrogens is 188 g/mol. The molecule has 0 saturated heterocycles. The van der Waals surface area contributed by atoms with E-state index in [1.54, 1.807) is 0 Å². The minimum atomic E-state index is -1.50. The maximum atomic E-state index is 9.03. The number of rotatable bonds is 0. The van der Waals surface area contributed by atoms with Crippen molar-refractivity contribution in [1.82, 2.24) is 0 Å². The molecule has 0 aromatic rings. The van der Waals surface area contributed by atoms with Crippen molar-refractivity contribution in [2.45, 2.75) is 0 Å². The zero-order valence-electron chi connectivity index (χ0n) is 4.84. The molecule has 0 bridgehead atoms. The van der Waals surface area contributed by atoms with Crippen molar-refractivity contribution in [3.8, 4) is 0 Å². The first-order valence-corrected chi connectivity index (χ1v) is 1.43. The standard InChI is InChI=1S/C2H4O3.CH3O.Sr/c1-5-2(3)4;1-2;/h1H3,(H,3,4);1H3;/q;-1;+2/p-1. The molecule has 0 aromatic carbocycles. The molecule has 8 heavy (non-hydrogen) atoms. The quantitative estimate of drug-likeness (QED) is 0.317. The maximum absolute atomic E-state index is 9.03. The summed E-state index contributed by atoms with van der Waals surface area (Å²) >= 11 is 0. The van der Waals surface area contributed by atoms with Crippen molar-refractivity contribution in [3.63, 3.8) is 0 Å². The fraction of sp³-hybridized carbons (Fsp3) is 0.667. The van der Waals surface area contributed by atoms with Crippen molar-refractivity contribution in [3.05, 3.63) is 0 Å². The van der Waals surface area contributed by atoms with Crippen LogP contribution in [-0.4, -0.2) is 65.9 Å². The largest absolute Gasteiger partial charge is 2.00 e. The fourth-order valence-corrected chi connectivity index (χ4v) is 0. The van der Waals surface area contributed by atoms with Gasteiger partial charge < -0.3 is 19.7 Å². The fourth-order valence-electron chi connectivity index (χ4n) is 0. The molecule has 0 fully saturated rings. The van der Waals surface area contributed by atoms with Crippen molar-refractivity contribution in [1.29, 1.82) is 0 Å². The Morgan fingerprint density at radius 3 is 1.62 bits per heavy atom. The van der Waals surface area contributed by atoms with Crippen LogP contribution < -0.4 is 10.2 Å². The summed E-state index contributed by atoms with van der Waals surface area (Å²) in [6, 6.07) is 0. The van der Waals surface area contributed by atoms with E-state index in [2.05, 4.69) is 4.74 Å². The van der Waals surface area contributed by atoms with Gasteiger partial charge in [0.1, 0.15) is 0 Å². The maximum Gasteiger partial charge on any atom is 2.00 e. The van der Waals surface area contributed by atoms with Gasteiger partial charge in [0.05, 0.1) is 0 Å². The molecular formula is C3H6O4Sr. The van der Waals surface area contributed by atoms with Crippen LogP contribution in [0.2, 0.25) is 0 Å². The molecule has 0 saturated carbocycles. The van der Waals surface area contributed by atoms with Crippen LogP contribution in [0.4, 0.5) is 4.79 Å². The van der Waals surface area contributed by atoms with E-state index in [1.165, 1.54) is 0 Å². The summed E-state index contributed by atoms with van der Waals surface area (Å²) in [5.74, 6) is 0. The number of hydrogen-bond acceptors (Lipinski definition) is 4. The van der Waals surface area contributed by atoms with Crippen LogP contribution in [0.3, 0.4) is 0 Å². The first-order chi connectivity index (χ1) is 3.27. The molecule has 0 unspecified atom stereocenters. The van der Waals surface area contributed by atoms with Crippen molar-refractivity contribution in [2.75, 3.05) is 14.2 Å². The van der Waals surface area contributed by atoms with Gasteiger partial charge in [0.15, 0.2) is 0 Å². The number of methoxy groups -OCH3 is 1. The second kappa shape index (κ2) is 15.6. The smallest absolute Gasteiger partial charge is 0.857 e. The average molecular weight is 194 g/mol. The molecule has 0 atom stereocenters. The molecule has 4 nitrogen and oxygen atoms in total. The van der Waals surface area contributed by atoms with Gasteiger partial charge in [-0.2, -0.15) is 7.11 Å². The van der Waals surface area contributed by atoms with Gasteiger partial charge in [-0.05, 0) is 0 Å². The van der Waals surface area contributed by atoms with Crippen molar-refractivity contribution < 1.29 is 19.7 Å². The Bertz CT molecular complexity index is 46.5. The molecule has 5 heteroatoms. The van der Waals surface area contributed by atoms with E-state index in [4.69, 9.17) is 15.0 Å². The zero-order chi connectivity index (χ0) is 6.28. The second-order valence-corrected chi connectivity index (χ2v) is 0.454. The van der Waals surface area contributed by atoms with Gasteiger partial charge in [0.25, 0.3) is 6.16 Å². The van der Waals surface area contributed by atoms with Gasteiger partial charge in [0, 0.05) is 7.11 Å². The van der Waals surface area contributed by atoms with Crippen LogP contribution in [0.25, 0.3) is 0 Å². The second-order valence-electron chi connectivity index (χ2n) is 0.454. The zero-order valence-corrected chi connectivity index (χ0v) is 8.32. The van der Waals surface area contributed by atoms with Crippen LogP contribution >= 0.6 is 0 Å². The Labute approximate surface area is 84.7 Å². The van der Waals surface area contributed by atoms with Crippen LogP contribution in [0.15, 0.2) is 0 Å². The van der Waals surface area contributed by atoms with Crippen LogP contribution in [-0.2, 0) is 4.74 Å². The van der Waals surface area contributed by atoms with E-state index in [9.17, 15) is 0 Å². The summed E-state index contributed by atoms with van der Waals surface area (Å²) in [6.07, 6.45) is -1.50. The molecule has 0 rings (SSSR count). The molecule has 44 valence electrons. The Balaban J connectivity index is -0.0000000750. The third kappa shape index (κ3) is 29.8. The van der Waals surface area contributed by atoms with Gasteiger partial charge in [0.2, 0.25) is 0 Å².